The van der Waals surface area contributed by atoms with Crippen LogP contribution < -0.4 is 4.90 Å². The molecule has 0 saturated carbocycles. The Morgan fingerprint density at radius 2 is 2.42 bits per heavy atom. The molecular weight excluding hydrogens is 334 g/mol. The van der Waals surface area contributed by atoms with Gasteiger partial charge in [0.05, 0.1) is 13.2 Å². The van der Waals surface area contributed by atoms with Crippen LogP contribution in [0.3, 0.4) is 0 Å². The Hall–Kier alpha value is -2.53. The third-order valence-corrected chi connectivity index (χ3v) is 4.69. The molecule has 0 aliphatic carbocycles. The predicted molar refractivity (Wildman–Crippen MR) is 86.4 cm³/mol. The van der Waals surface area contributed by atoms with Crippen molar-refractivity contribution < 1.29 is 9.66 Å². The fourth-order valence-electron chi connectivity index (χ4n) is 2.75. The highest BCUT2D eigenvalue weighted by atomic mass is 32.1. The van der Waals surface area contributed by atoms with Gasteiger partial charge in [-0.2, -0.15) is 14.5 Å². The van der Waals surface area contributed by atoms with E-state index in [4.69, 9.17) is 4.74 Å². The number of hydrogen-bond donors (Lipinski definition) is 1. The molecule has 3 aromatic heterocycles. The zero-order valence-electron chi connectivity index (χ0n) is 12.9. The van der Waals surface area contributed by atoms with E-state index < -0.39 is 4.92 Å². The van der Waals surface area contributed by atoms with Gasteiger partial charge in [-0.15, -0.1) is 0 Å². The first kappa shape index (κ1) is 15.0. The molecule has 1 N–H and O–H groups in total. The highest BCUT2D eigenvalue weighted by Gasteiger charge is 2.33. The zero-order chi connectivity index (χ0) is 16.7. The molecule has 10 nitrogen and oxygen atoms in total. The van der Waals surface area contributed by atoms with Crippen molar-refractivity contribution in [3.05, 3.63) is 33.3 Å². The number of ether oxygens (including phenoxy) is 1. The minimum absolute atomic E-state index is 0.0175. The molecule has 1 aliphatic rings. The van der Waals surface area contributed by atoms with Crippen LogP contribution in [0.15, 0.2) is 11.6 Å². The number of fused-ring (bicyclic) bond motifs is 1. The second-order valence-corrected chi connectivity index (χ2v) is 6.24. The quantitative estimate of drug-likeness (QED) is 0.561. The third-order valence-electron chi connectivity index (χ3n) is 3.93. The Labute approximate surface area is 140 Å². The monoisotopic (exact) mass is 349 g/mol. The maximum Gasteiger partial charge on any atom is 0.373 e. The van der Waals surface area contributed by atoms with Gasteiger partial charge in [-0.25, -0.2) is 4.98 Å². The predicted octanol–water partition coefficient (Wildman–Crippen LogP) is 1.56. The van der Waals surface area contributed by atoms with Gasteiger partial charge in [0, 0.05) is 18.3 Å². The summed E-state index contributed by atoms with van der Waals surface area (Å²) in [5.74, 6) is 1.71. The molecule has 1 aliphatic heterocycles. The standard InChI is InChI=1S/C13H15N7O3S/c1-2-9-14-10(17-16-9)8-7-18(3-5-23-8)11-12(20(21)22)19-4-6-24-13(19)15-11/h4,6,8H,2-3,5,7H2,1H3,(H,14,16,17). The van der Waals surface area contributed by atoms with Crippen molar-refractivity contribution in [2.45, 2.75) is 19.4 Å². The number of nitrogens with zero attached hydrogens (tertiary/aromatic N) is 6. The molecule has 4 heterocycles. The summed E-state index contributed by atoms with van der Waals surface area (Å²) < 4.78 is 7.25. The van der Waals surface area contributed by atoms with Crippen LogP contribution in [-0.2, 0) is 11.2 Å². The van der Waals surface area contributed by atoms with Gasteiger partial charge in [0.2, 0.25) is 5.82 Å². The lowest BCUT2D eigenvalue weighted by molar-refractivity contribution is -0.389. The van der Waals surface area contributed by atoms with Crippen molar-refractivity contribution in [1.82, 2.24) is 24.6 Å². The lowest BCUT2D eigenvalue weighted by atomic mass is 10.2. The van der Waals surface area contributed by atoms with Crippen LogP contribution in [0.2, 0.25) is 0 Å². The molecule has 1 atom stereocenters. The summed E-state index contributed by atoms with van der Waals surface area (Å²) in [5, 5.41) is 20.3. The van der Waals surface area contributed by atoms with Crippen molar-refractivity contribution >= 4 is 27.9 Å². The van der Waals surface area contributed by atoms with E-state index >= 15 is 0 Å². The van der Waals surface area contributed by atoms with Crippen LogP contribution >= 0.6 is 11.3 Å². The van der Waals surface area contributed by atoms with Gasteiger partial charge in [0.1, 0.15) is 18.1 Å². The number of anilines is 1. The zero-order valence-corrected chi connectivity index (χ0v) is 13.7. The summed E-state index contributed by atoms with van der Waals surface area (Å²) in [6, 6.07) is 0. The first-order valence-electron chi connectivity index (χ1n) is 7.55. The minimum Gasteiger partial charge on any atom is -0.366 e. The number of nitrogens with one attached hydrogen (secondary N) is 1. The van der Waals surface area contributed by atoms with E-state index in [1.54, 1.807) is 11.6 Å². The highest BCUT2D eigenvalue weighted by Crippen LogP contribution is 2.33. The van der Waals surface area contributed by atoms with Crippen LogP contribution in [0.4, 0.5) is 11.6 Å². The normalized spacial score (nSPS) is 18.4. The molecule has 1 saturated heterocycles. The number of aromatic amines is 1. The Balaban J connectivity index is 1.65. The number of aromatic nitrogens is 5. The second kappa shape index (κ2) is 5.83. The molecule has 0 amide bonds. The number of rotatable bonds is 4. The fraction of sp³-hybridized carbons (Fsp3) is 0.462. The number of H-pyrrole nitrogens is 1. The van der Waals surface area contributed by atoms with Gasteiger partial charge >= 0.3 is 5.82 Å². The summed E-state index contributed by atoms with van der Waals surface area (Å²) in [6.07, 6.45) is 2.08. The molecule has 24 heavy (non-hydrogen) atoms. The van der Waals surface area contributed by atoms with E-state index in [1.165, 1.54) is 15.7 Å². The first-order chi connectivity index (χ1) is 11.7. The minimum atomic E-state index is -0.394. The summed E-state index contributed by atoms with van der Waals surface area (Å²) in [7, 11) is 0. The van der Waals surface area contributed by atoms with E-state index in [1.807, 2.05) is 11.8 Å². The molecule has 3 aromatic rings. The topological polar surface area (TPSA) is 114 Å². The van der Waals surface area contributed by atoms with Gasteiger partial charge in [-0.05, 0) is 4.92 Å². The van der Waals surface area contributed by atoms with Crippen LogP contribution in [0.25, 0.3) is 4.96 Å². The second-order valence-electron chi connectivity index (χ2n) is 5.37. The van der Waals surface area contributed by atoms with E-state index in [-0.39, 0.29) is 11.9 Å². The summed E-state index contributed by atoms with van der Waals surface area (Å²) in [6.45, 7) is 3.38. The molecule has 0 spiro atoms. The van der Waals surface area contributed by atoms with E-state index in [9.17, 15) is 10.1 Å². The van der Waals surface area contributed by atoms with E-state index in [2.05, 4.69) is 20.2 Å². The Morgan fingerprint density at radius 1 is 1.54 bits per heavy atom. The van der Waals surface area contributed by atoms with Gasteiger partial charge in [0.15, 0.2) is 5.82 Å². The van der Waals surface area contributed by atoms with Crippen LogP contribution in [0.5, 0.6) is 0 Å². The Kier molecular flexibility index (Phi) is 3.65. The molecule has 126 valence electrons. The molecular formula is C13H15N7O3S. The number of morpholine rings is 1. The van der Waals surface area contributed by atoms with Gasteiger partial charge in [-0.3, -0.25) is 5.10 Å². The SMILES string of the molecule is CCc1nc(C2CN(c3nc4sccn4c3[N+](=O)[O-])CCO2)n[nH]1. The van der Waals surface area contributed by atoms with Crippen molar-refractivity contribution in [2.24, 2.45) is 0 Å². The highest BCUT2D eigenvalue weighted by molar-refractivity contribution is 7.15. The lowest BCUT2D eigenvalue weighted by Gasteiger charge is -2.31. The maximum absolute atomic E-state index is 11.5. The van der Waals surface area contributed by atoms with Crippen LogP contribution in [0, 0.1) is 10.1 Å². The molecule has 0 radical (unpaired) electrons. The average molecular weight is 349 g/mol. The number of imidazole rings is 1. The first-order valence-corrected chi connectivity index (χ1v) is 8.43. The average Bonchev–Trinajstić information content (AvgIpc) is 3.29. The molecule has 1 unspecified atom stereocenters. The Bertz CT molecular complexity index is 885. The van der Waals surface area contributed by atoms with Crippen molar-refractivity contribution in [3.8, 4) is 0 Å². The smallest absolute Gasteiger partial charge is 0.366 e. The van der Waals surface area contributed by atoms with Gasteiger partial charge < -0.3 is 19.8 Å². The number of aryl methyl sites for hydroxylation is 1. The van der Waals surface area contributed by atoms with E-state index in [0.717, 1.165) is 12.2 Å². The molecule has 0 bridgehead atoms. The fourth-order valence-corrected chi connectivity index (χ4v) is 3.46. The maximum atomic E-state index is 11.5. The largest absolute Gasteiger partial charge is 0.373 e. The number of thiazole rings is 1. The lowest BCUT2D eigenvalue weighted by Crippen LogP contribution is -2.39. The van der Waals surface area contributed by atoms with Crippen LogP contribution in [-0.4, -0.2) is 49.2 Å². The third kappa shape index (κ3) is 2.41. The van der Waals surface area contributed by atoms with Crippen molar-refractivity contribution in [3.63, 3.8) is 0 Å². The van der Waals surface area contributed by atoms with Crippen LogP contribution in [0.1, 0.15) is 24.7 Å². The molecule has 1 fully saturated rings. The summed E-state index contributed by atoms with van der Waals surface area (Å²) >= 11 is 1.37. The summed E-state index contributed by atoms with van der Waals surface area (Å²) in [5.41, 5.74) is 0. The number of nitro groups is 1. The van der Waals surface area contributed by atoms with Gasteiger partial charge in [0.25, 0.3) is 4.96 Å². The molecule has 11 heteroatoms. The van der Waals surface area contributed by atoms with Crippen molar-refractivity contribution in [1.29, 1.82) is 0 Å². The summed E-state index contributed by atoms with van der Waals surface area (Å²) in [4.78, 5) is 22.4. The van der Waals surface area contributed by atoms with Crippen molar-refractivity contribution in [2.75, 3.05) is 24.6 Å². The van der Waals surface area contributed by atoms with E-state index in [0.29, 0.717) is 36.3 Å². The Morgan fingerprint density at radius 3 is 3.17 bits per heavy atom. The molecule has 4 rings (SSSR count). The molecule has 0 aromatic carbocycles. The number of hydrogen-bond acceptors (Lipinski definition) is 8. The van der Waals surface area contributed by atoms with Gasteiger partial charge in [-0.1, -0.05) is 18.3 Å².